The van der Waals surface area contributed by atoms with Gasteiger partial charge in [0.15, 0.2) is 0 Å². The van der Waals surface area contributed by atoms with Gasteiger partial charge in [-0.3, -0.25) is 9.59 Å². The summed E-state index contributed by atoms with van der Waals surface area (Å²) in [6.45, 7) is 5.34. The highest BCUT2D eigenvalue weighted by Gasteiger charge is 2.46. The second kappa shape index (κ2) is 8.82. The summed E-state index contributed by atoms with van der Waals surface area (Å²) < 4.78 is 5.40. The summed E-state index contributed by atoms with van der Waals surface area (Å²) >= 11 is 6.69. The summed E-state index contributed by atoms with van der Waals surface area (Å²) in [5, 5.41) is 6.35. The monoisotopic (exact) mass is 483 g/mol. The predicted octanol–water partition coefficient (Wildman–Crippen LogP) is 3.70. The van der Waals surface area contributed by atoms with E-state index in [0.717, 1.165) is 36.1 Å². The molecule has 9 heteroatoms. The molecule has 3 heterocycles. The van der Waals surface area contributed by atoms with Gasteiger partial charge in [-0.2, -0.15) is 0 Å². The fourth-order valence-corrected chi connectivity index (χ4v) is 5.77. The van der Waals surface area contributed by atoms with Crippen LogP contribution in [0.2, 0.25) is 0 Å². The standard InChI is InChI=1S/C25H30ClN5O3/c1-16(32)29-24(2)8-3-4-21(24)31-15-18-6-5-17(14-19(18)22(31)33)20-7-11-27-23(28-20)30-25(26)9-12-34-13-10-25/h5-7,11,14,21H,3-4,8-10,12-13,15H2,1-2H3,(H,29,32)(H,27,28,30). The zero-order valence-corrected chi connectivity index (χ0v) is 20.3. The molecule has 2 N–H and O–H groups in total. The Morgan fingerprint density at radius 2 is 2.03 bits per heavy atom. The van der Waals surface area contributed by atoms with Crippen LogP contribution in [-0.4, -0.2) is 56.5 Å². The van der Waals surface area contributed by atoms with Crippen molar-refractivity contribution in [2.45, 2.75) is 69.1 Å². The largest absolute Gasteiger partial charge is 0.381 e. The number of hydrogen-bond acceptors (Lipinski definition) is 6. The van der Waals surface area contributed by atoms with E-state index in [-0.39, 0.29) is 17.9 Å². The topological polar surface area (TPSA) is 96.5 Å². The normalized spacial score (nSPS) is 25.8. The first-order valence-corrected chi connectivity index (χ1v) is 12.3. The van der Waals surface area contributed by atoms with Gasteiger partial charge in [0.25, 0.3) is 5.91 Å². The molecule has 5 rings (SSSR count). The Morgan fingerprint density at radius 3 is 2.79 bits per heavy atom. The van der Waals surface area contributed by atoms with Crippen LogP contribution in [0.25, 0.3) is 11.3 Å². The summed E-state index contributed by atoms with van der Waals surface area (Å²) in [4.78, 5) is 35.6. The number of carbonyl (C=O) groups excluding carboxylic acids is 2. The maximum absolute atomic E-state index is 13.5. The lowest BCUT2D eigenvalue weighted by atomic mass is 9.94. The lowest BCUT2D eigenvalue weighted by molar-refractivity contribution is -0.121. The summed E-state index contributed by atoms with van der Waals surface area (Å²) in [6, 6.07) is 7.73. The maximum atomic E-state index is 13.5. The smallest absolute Gasteiger partial charge is 0.254 e. The molecule has 2 aliphatic heterocycles. The molecule has 2 aromatic rings. The maximum Gasteiger partial charge on any atom is 0.254 e. The number of nitrogens with one attached hydrogen (secondary N) is 2. The Hall–Kier alpha value is -2.71. The van der Waals surface area contributed by atoms with E-state index >= 15 is 0 Å². The minimum atomic E-state index is -0.618. The van der Waals surface area contributed by atoms with Crippen LogP contribution in [0.1, 0.15) is 61.9 Å². The van der Waals surface area contributed by atoms with E-state index in [2.05, 4.69) is 20.6 Å². The quantitative estimate of drug-likeness (QED) is 0.497. The number of rotatable bonds is 5. The summed E-state index contributed by atoms with van der Waals surface area (Å²) in [7, 11) is 0. The Morgan fingerprint density at radius 1 is 1.24 bits per heavy atom. The number of amides is 2. The molecule has 2 fully saturated rings. The van der Waals surface area contributed by atoms with Gasteiger partial charge >= 0.3 is 0 Å². The first-order valence-electron chi connectivity index (χ1n) is 11.9. The Bertz CT molecular complexity index is 1120. The first kappa shape index (κ1) is 23.1. The van der Waals surface area contributed by atoms with Crippen LogP contribution in [0.4, 0.5) is 5.95 Å². The van der Waals surface area contributed by atoms with Gasteiger partial charge in [0.05, 0.1) is 30.5 Å². The van der Waals surface area contributed by atoms with Crippen molar-refractivity contribution in [3.05, 3.63) is 41.6 Å². The molecule has 1 aliphatic carbocycles. The number of alkyl halides is 1. The number of carbonyl (C=O) groups is 2. The molecular formula is C25H30ClN5O3. The number of nitrogens with zero attached hydrogens (tertiary/aromatic N) is 3. The molecule has 2 unspecified atom stereocenters. The number of benzene rings is 1. The Labute approximate surface area is 204 Å². The van der Waals surface area contributed by atoms with Crippen LogP contribution in [-0.2, 0) is 16.1 Å². The van der Waals surface area contributed by atoms with Gasteiger partial charge in [-0.15, -0.1) is 0 Å². The summed E-state index contributed by atoms with van der Waals surface area (Å²) in [5.74, 6) is 0.406. The average Bonchev–Trinajstić information content (AvgIpc) is 3.32. The molecule has 0 bridgehead atoms. The van der Waals surface area contributed by atoms with Crippen molar-refractivity contribution in [3.63, 3.8) is 0 Å². The molecule has 0 spiro atoms. The number of halogens is 1. The summed E-state index contributed by atoms with van der Waals surface area (Å²) in [6.07, 6.45) is 5.78. The van der Waals surface area contributed by atoms with Crippen molar-refractivity contribution in [3.8, 4) is 11.3 Å². The minimum absolute atomic E-state index is 0.00893. The molecule has 1 saturated heterocycles. The fourth-order valence-electron chi connectivity index (χ4n) is 5.53. The molecule has 2 atom stereocenters. The van der Waals surface area contributed by atoms with Crippen molar-refractivity contribution < 1.29 is 14.3 Å². The molecule has 1 aromatic heterocycles. The van der Waals surface area contributed by atoms with E-state index in [1.165, 1.54) is 6.92 Å². The molecular weight excluding hydrogens is 454 g/mol. The second-order valence-electron chi connectivity index (χ2n) is 9.78. The highest BCUT2D eigenvalue weighted by atomic mass is 35.5. The predicted molar refractivity (Wildman–Crippen MR) is 129 cm³/mol. The third-order valence-electron chi connectivity index (χ3n) is 7.26. The lowest BCUT2D eigenvalue weighted by Crippen LogP contribution is -2.57. The van der Waals surface area contributed by atoms with Gasteiger partial charge in [0, 0.05) is 43.6 Å². The van der Waals surface area contributed by atoms with Crippen LogP contribution in [0.3, 0.4) is 0 Å². The molecule has 34 heavy (non-hydrogen) atoms. The second-order valence-corrected chi connectivity index (χ2v) is 10.5. The number of fused-ring (bicyclic) bond motifs is 1. The van der Waals surface area contributed by atoms with Crippen molar-refractivity contribution >= 4 is 29.4 Å². The van der Waals surface area contributed by atoms with Crippen molar-refractivity contribution in [1.82, 2.24) is 20.2 Å². The fraction of sp³-hybridized carbons (Fsp3) is 0.520. The highest BCUT2D eigenvalue weighted by Crippen LogP contribution is 2.39. The molecule has 3 aliphatic rings. The lowest BCUT2D eigenvalue weighted by Gasteiger charge is -2.38. The van der Waals surface area contributed by atoms with Gasteiger partial charge in [0.2, 0.25) is 11.9 Å². The molecule has 180 valence electrons. The van der Waals surface area contributed by atoms with Gasteiger partial charge in [-0.1, -0.05) is 23.7 Å². The van der Waals surface area contributed by atoms with Crippen molar-refractivity contribution in [2.75, 3.05) is 18.5 Å². The van der Waals surface area contributed by atoms with Crippen LogP contribution in [0, 0.1) is 0 Å². The molecule has 8 nitrogen and oxygen atoms in total. The third kappa shape index (κ3) is 4.36. The third-order valence-corrected chi connectivity index (χ3v) is 7.73. The SMILES string of the molecule is CC(=O)NC1(C)CCCC1N1Cc2ccc(-c3ccnc(NC4(Cl)CCOCC4)n3)cc2C1=O. The average molecular weight is 484 g/mol. The molecule has 2 amide bonds. The van der Waals surface area contributed by atoms with E-state index < -0.39 is 10.5 Å². The van der Waals surface area contributed by atoms with E-state index in [1.54, 1.807) is 6.20 Å². The van der Waals surface area contributed by atoms with Gasteiger partial charge in [-0.05, 0) is 43.9 Å². The van der Waals surface area contributed by atoms with Crippen LogP contribution in [0.15, 0.2) is 30.5 Å². The van der Waals surface area contributed by atoms with Crippen LogP contribution in [0.5, 0.6) is 0 Å². The molecule has 0 radical (unpaired) electrons. The van der Waals surface area contributed by atoms with E-state index in [9.17, 15) is 9.59 Å². The van der Waals surface area contributed by atoms with Gasteiger partial charge in [0.1, 0.15) is 5.00 Å². The van der Waals surface area contributed by atoms with Gasteiger partial charge in [-0.25, -0.2) is 9.97 Å². The van der Waals surface area contributed by atoms with E-state index in [4.69, 9.17) is 16.3 Å². The zero-order valence-electron chi connectivity index (χ0n) is 19.6. The molecule has 1 aromatic carbocycles. The first-order chi connectivity index (χ1) is 16.3. The van der Waals surface area contributed by atoms with E-state index in [1.807, 2.05) is 36.1 Å². The Balaban J connectivity index is 1.37. The number of ether oxygens (including phenoxy) is 1. The Kier molecular flexibility index (Phi) is 5.98. The summed E-state index contributed by atoms with van der Waals surface area (Å²) in [5.41, 5.74) is 2.87. The number of anilines is 1. The van der Waals surface area contributed by atoms with E-state index in [0.29, 0.717) is 44.1 Å². The van der Waals surface area contributed by atoms with Crippen molar-refractivity contribution in [1.29, 1.82) is 0 Å². The van der Waals surface area contributed by atoms with Gasteiger partial charge < -0.3 is 20.3 Å². The van der Waals surface area contributed by atoms with Crippen molar-refractivity contribution in [2.24, 2.45) is 0 Å². The van der Waals surface area contributed by atoms with Crippen LogP contribution < -0.4 is 10.6 Å². The van der Waals surface area contributed by atoms with Crippen LogP contribution >= 0.6 is 11.6 Å². The zero-order chi connectivity index (χ0) is 23.9. The highest BCUT2D eigenvalue weighted by molar-refractivity contribution is 6.25. The number of aromatic nitrogens is 2. The number of hydrogen-bond donors (Lipinski definition) is 2. The molecule has 1 saturated carbocycles. The minimum Gasteiger partial charge on any atom is -0.381 e.